The molecule has 1 aliphatic rings. The van der Waals surface area contributed by atoms with E-state index in [1.54, 1.807) is 20.8 Å². The summed E-state index contributed by atoms with van der Waals surface area (Å²) in [5, 5.41) is 9.20. The van der Waals surface area contributed by atoms with Gasteiger partial charge in [-0.3, -0.25) is 0 Å². The van der Waals surface area contributed by atoms with Crippen molar-refractivity contribution >= 4 is 15.9 Å². The van der Waals surface area contributed by atoms with Gasteiger partial charge in [-0.1, -0.05) is 0 Å². The topological polar surface area (TPSA) is 87.5 Å². The smallest absolute Gasteiger partial charge is 0.410 e. The van der Waals surface area contributed by atoms with Gasteiger partial charge < -0.3 is 9.64 Å². The van der Waals surface area contributed by atoms with Crippen molar-refractivity contribution in [2.75, 3.05) is 19.3 Å². The summed E-state index contributed by atoms with van der Waals surface area (Å²) in [6.07, 6.45) is 1.19. The van der Waals surface area contributed by atoms with Crippen molar-refractivity contribution in [3.8, 4) is 6.07 Å². The molecular formula is C12H20N2O4S. The number of hydrogen-bond donors (Lipinski definition) is 0. The normalized spacial score (nSPS) is 24.7. The third-order valence-corrected chi connectivity index (χ3v) is 4.86. The number of piperidine rings is 1. The van der Waals surface area contributed by atoms with Crippen LogP contribution in [-0.2, 0) is 14.6 Å². The molecule has 1 rings (SSSR count). The average Bonchev–Trinajstić information content (AvgIpc) is 2.25. The number of nitrogens with zero attached hydrogens (tertiary/aromatic N) is 2. The zero-order chi connectivity index (χ0) is 14.9. The quantitative estimate of drug-likeness (QED) is 0.726. The summed E-state index contributed by atoms with van der Waals surface area (Å²) in [6, 6.07) is 1.87. The zero-order valence-corrected chi connectivity index (χ0v) is 12.6. The molecule has 1 unspecified atom stereocenters. The molecule has 1 amide bonds. The van der Waals surface area contributed by atoms with Crippen molar-refractivity contribution in [2.24, 2.45) is 0 Å². The highest BCUT2D eigenvalue weighted by molar-refractivity contribution is 7.92. The molecular weight excluding hydrogens is 268 g/mol. The SMILES string of the molecule is CC(C)(C)OC(=O)N1CCCC(C#N)(S(C)(=O)=O)C1. The van der Waals surface area contributed by atoms with E-state index in [9.17, 15) is 18.5 Å². The number of hydrogen-bond acceptors (Lipinski definition) is 5. The van der Waals surface area contributed by atoms with E-state index in [-0.39, 0.29) is 13.0 Å². The molecule has 108 valence electrons. The second kappa shape index (κ2) is 5.00. The Morgan fingerprint density at radius 3 is 2.42 bits per heavy atom. The van der Waals surface area contributed by atoms with E-state index < -0.39 is 26.3 Å². The molecule has 0 saturated carbocycles. The van der Waals surface area contributed by atoms with Crippen LogP contribution in [0.15, 0.2) is 0 Å². The van der Waals surface area contributed by atoms with Crippen LogP contribution in [0.2, 0.25) is 0 Å². The largest absolute Gasteiger partial charge is 0.444 e. The average molecular weight is 288 g/mol. The fourth-order valence-corrected chi connectivity index (χ4v) is 3.05. The van der Waals surface area contributed by atoms with E-state index in [4.69, 9.17) is 4.74 Å². The van der Waals surface area contributed by atoms with Crippen molar-refractivity contribution in [2.45, 2.75) is 44.0 Å². The van der Waals surface area contributed by atoms with E-state index in [2.05, 4.69) is 0 Å². The molecule has 7 heteroatoms. The molecule has 1 aliphatic heterocycles. The Labute approximate surface area is 114 Å². The fraction of sp³-hybridized carbons (Fsp3) is 0.833. The van der Waals surface area contributed by atoms with Gasteiger partial charge in [-0.05, 0) is 33.6 Å². The third-order valence-electron chi connectivity index (χ3n) is 3.02. The molecule has 19 heavy (non-hydrogen) atoms. The number of nitriles is 1. The molecule has 0 N–H and O–H groups in total. The summed E-state index contributed by atoms with van der Waals surface area (Å²) in [7, 11) is -3.56. The highest BCUT2D eigenvalue weighted by atomic mass is 32.2. The molecule has 0 aromatic heterocycles. The number of sulfone groups is 1. The number of likely N-dealkylation sites (tertiary alicyclic amines) is 1. The summed E-state index contributed by atoms with van der Waals surface area (Å²) in [6.45, 7) is 5.50. The van der Waals surface area contributed by atoms with Gasteiger partial charge in [-0.2, -0.15) is 5.26 Å². The molecule has 1 saturated heterocycles. The number of amides is 1. The maximum atomic E-state index is 11.9. The first kappa shape index (κ1) is 15.8. The Morgan fingerprint density at radius 1 is 1.42 bits per heavy atom. The molecule has 0 spiro atoms. The third kappa shape index (κ3) is 3.60. The van der Waals surface area contributed by atoms with E-state index in [1.165, 1.54) is 4.90 Å². The fourth-order valence-electron chi connectivity index (χ4n) is 1.98. The maximum absolute atomic E-state index is 11.9. The minimum atomic E-state index is -3.56. The molecule has 0 bridgehead atoms. The molecule has 0 aliphatic carbocycles. The van der Waals surface area contributed by atoms with Crippen LogP contribution < -0.4 is 0 Å². The molecule has 0 aromatic rings. The van der Waals surface area contributed by atoms with Crippen molar-refractivity contribution in [1.82, 2.24) is 4.90 Å². The van der Waals surface area contributed by atoms with Crippen molar-refractivity contribution in [3.05, 3.63) is 0 Å². The van der Waals surface area contributed by atoms with Gasteiger partial charge in [-0.25, -0.2) is 13.2 Å². The van der Waals surface area contributed by atoms with Gasteiger partial charge >= 0.3 is 6.09 Å². The highest BCUT2D eigenvalue weighted by Crippen LogP contribution is 2.29. The first-order valence-electron chi connectivity index (χ1n) is 6.09. The summed E-state index contributed by atoms with van der Waals surface area (Å²) < 4.78 is 27.3. The summed E-state index contributed by atoms with van der Waals surface area (Å²) >= 11 is 0. The Hall–Kier alpha value is -1.29. The van der Waals surface area contributed by atoms with Gasteiger partial charge in [0.1, 0.15) is 5.60 Å². The predicted molar refractivity (Wildman–Crippen MR) is 70.2 cm³/mol. The number of carbonyl (C=O) groups is 1. The van der Waals surface area contributed by atoms with Crippen molar-refractivity contribution < 1.29 is 17.9 Å². The highest BCUT2D eigenvalue weighted by Gasteiger charge is 2.46. The van der Waals surface area contributed by atoms with Crippen LogP contribution in [0.4, 0.5) is 4.79 Å². The lowest BCUT2D eigenvalue weighted by Crippen LogP contribution is -2.54. The van der Waals surface area contributed by atoms with Gasteiger partial charge in [0, 0.05) is 12.8 Å². The van der Waals surface area contributed by atoms with Crippen LogP contribution in [0, 0.1) is 11.3 Å². The van der Waals surface area contributed by atoms with Gasteiger partial charge in [0.05, 0.1) is 12.6 Å². The predicted octanol–water partition coefficient (Wildman–Crippen LogP) is 1.32. The van der Waals surface area contributed by atoms with Gasteiger partial charge in [0.2, 0.25) is 0 Å². The van der Waals surface area contributed by atoms with Gasteiger partial charge in [0.15, 0.2) is 14.6 Å². The van der Waals surface area contributed by atoms with Crippen molar-refractivity contribution in [3.63, 3.8) is 0 Å². The summed E-state index contributed by atoms with van der Waals surface area (Å²) in [5.74, 6) is 0. The van der Waals surface area contributed by atoms with Crippen LogP contribution >= 0.6 is 0 Å². The monoisotopic (exact) mass is 288 g/mol. The molecule has 0 radical (unpaired) electrons. The first-order valence-corrected chi connectivity index (χ1v) is 7.99. The second-order valence-corrected chi connectivity index (χ2v) is 8.21. The number of ether oxygens (including phenoxy) is 1. The van der Waals surface area contributed by atoms with Crippen LogP contribution in [0.1, 0.15) is 33.6 Å². The molecule has 1 fully saturated rings. The van der Waals surface area contributed by atoms with E-state index in [1.807, 2.05) is 6.07 Å². The second-order valence-electron chi connectivity index (χ2n) is 5.88. The van der Waals surface area contributed by atoms with Gasteiger partial charge in [0.25, 0.3) is 0 Å². The lowest BCUT2D eigenvalue weighted by molar-refractivity contribution is 0.0201. The Balaban J connectivity index is 2.92. The van der Waals surface area contributed by atoms with E-state index in [0.29, 0.717) is 13.0 Å². The minimum Gasteiger partial charge on any atom is -0.444 e. The van der Waals surface area contributed by atoms with E-state index >= 15 is 0 Å². The van der Waals surface area contributed by atoms with Crippen LogP contribution in [0.5, 0.6) is 0 Å². The lowest BCUT2D eigenvalue weighted by atomic mass is 9.99. The zero-order valence-electron chi connectivity index (χ0n) is 11.8. The van der Waals surface area contributed by atoms with E-state index in [0.717, 1.165) is 6.26 Å². The Morgan fingerprint density at radius 2 is 2.00 bits per heavy atom. The first-order chi connectivity index (χ1) is 8.51. The molecule has 6 nitrogen and oxygen atoms in total. The summed E-state index contributed by atoms with van der Waals surface area (Å²) in [5.41, 5.74) is -0.644. The van der Waals surface area contributed by atoms with Crippen LogP contribution in [0.25, 0.3) is 0 Å². The van der Waals surface area contributed by atoms with Crippen LogP contribution in [-0.4, -0.2) is 49.1 Å². The standard InChI is InChI=1S/C12H20N2O4S/c1-11(2,3)18-10(15)14-7-5-6-12(8-13,9-14)19(4,16)17/h5-7,9H2,1-4H3. The molecule has 1 heterocycles. The lowest BCUT2D eigenvalue weighted by Gasteiger charge is -2.37. The Bertz CT molecular complexity index is 501. The van der Waals surface area contributed by atoms with Gasteiger partial charge in [-0.15, -0.1) is 0 Å². The summed E-state index contributed by atoms with van der Waals surface area (Å²) in [4.78, 5) is 13.2. The number of rotatable bonds is 1. The van der Waals surface area contributed by atoms with Crippen LogP contribution in [0.3, 0.4) is 0 Å². The van der Waals surface area contributed by atoms with Crippen molar-refractivity contribution in [1.29, 1.82) is 5.26 Å². The minimum absolute atomic E-state index is 0.128. The maximum Gasteiger partial charge on any atom is 0.410 e. The molecule has 0 aromatic carbocycles. The Kier molecular flexibility index (Phi) is 4.15. The molecule has 1 atom stereocenters. The number of carbonyl (C=O) groups excluding carboxylic acids is 1.